The Hall–Kier alpha value is -0.330. The number of rotatable bonds is 7. The molecule has 4 nitrogen and oxygen atoms in total. The first-order chi connectivity index (χ1) is 10.9. The molecule has 8 unspecified atom stereocenters. The van der Waals surface area contributed by atoms with Crippen LogP contribution in [-0.4, -0.2) is 65.1 Å². The summed E-state index contributed by atoms with van der Waals surface area (Å²) in [6.07, 6.45) is 8.62. The fourth-order valence-corrected chi connectivity index (χ4v) is 5.80. The minimum Gasteiger partial charge on any atom is -0.391 e. The number of aliphatic hydroxyl groups is 2. The van der Waals surface area contributed by atoms with E-state index in [4.69, 9.17) is 0 Å². The largest absolute Gasteiger partial charge is 0.391 e. The second kappa shape index (κ2) is 8.17. The summed E-state index contributed by atoms with van der Waals surface area (Å²) < 4.78 is 0. The molecule has 0 radical (unpaired) electrons. The van der Waals surface area contributed by atoms with Crippen molar-refractivity contribution >= 4 is 11.8 Å². The zero-order valence-electron chi connectivity index (χ0n) is 14.9. The van der Waals surface area contributed by atoms with Crippen molar-refractivity contribution in [1.29, 1.82) is 0 Å². The summed E-state index contributed by atoms with van der Waals surface area (Å²) in [5, 5.41) is 24.9. The third kappa shape index (κ3) is 4.20. The standard InChI is InChI=1S/C18H32N2O2S/c1-11(17(21)16(20(4)5)18(22)19-3)10-15-12(2)13-8-6-7-9-14(13)23-15/h6-9,11-19,21-22H,10H2,1-5H3. The Bertz CT molecular complexity index is 441. The number of aliphatic hydroxyl groups excluding tert-OH is 2. The van der Waals surface area contributed by atoms with E-state index in [9.17, 15) is 10.2 Å². The average Bonchev–Trinajstić information content (AvgIpc) is 2.83. The average molecular weight is 341 g/mol. The molecule has 1 aliphatic carbocycles. The predicted octanol–water partition coefficient (Wildman–Crippen LogP) is 1.70. The van der Waals surface area contributed by atoms with Crippen LogP contribution < -0.4 is 5.32 Å². The van der Waals surface area contributed by atoms with E-state index in [2.05, 4.69) is 43.5 Å². The van der Waals surface area contributed by atoms with Gasteiger partial charge in [-0.25, -0.2) is 0 Å². The summed E-state index contributed by atoms with van der Waals surface area (Å²) >= 11 is 2.04. The van der Waals surface area contributed by atoms with Crippen molar-refractivity contribution in [2.45, 2.75) is 49.1 Å². The second-order valence-electron chi connectivity index (χ2n) is 7.24. The lowest BCUT2D eigenvalue weighted by atomic mass is 9.82. The van der Waals surface area contributed by atoms with Gasteiger partial charge in [-0.2, -0.15) is 11.8 Å². The van der Waals surface area contributed by atoms with Gasteiger partial charge in [0.05, 0.1) is 12.1 Å². The molecule has 2 rings (SSSR count). The van der Waals surface area contributed by atoms with Gasteiger partial charge in [-0.1, -0.05) is 38.2 Å². The zero-order valence-corrected chi connectivity index (χ0v) is 15.7. The fourth-order valence-electron chi connectivity index (χ4n) is 3.85. The van der Waals surface area contributed by atoms with Gasteiger partial charge in [-0.3, -0.25) is 5.32 Å². The summed E-state index contributed by atoms with van der Waals surface area (Å²) in [6, 6.07) is -0.307. The van der Waals surface area contributed by atoms with Crippen LogP contribution in [0.25, 0.3) is 0 Å². The highest BCUT2D eigenvalue weighted by molar-refractivity contribution is 8.01. The lowest BCUT2D eigenvalue weighted by Gasteiger charge is -2.36. The molecule has 0 aromatic rings. The van der Waals surface area contributed by atoms with E-state index in [0.717, 1.165) is 6.42 Å². The van der Waals surface area contributed by atoms with Crippen LogP contribution in [-0.2, 0) is 0 Å². The second-order valence-corrected chi connectivity index (χ2v) is 8.66. The van der Waals surface area contributed by atoms with Gasteiger partial charge in [-0.15, -0.1) is 0 Å². The molecule has 1 heterocycles. The van der Waals surface area contributed by atoms with Crippen LogP contribution >= 0.6 is 11.8 Å². The molecule has 2 aliphatic rings. The lowest BCUT2D eigenvalue weighted by Crippen LogP contribution is -2.54. The quantitative estimate of drug-likeness (QED) is 0.616. The molecule has 1 aliphatic heterocycles. The minimum atomic E-state index is -0.732. The molecule has 0 saturated carbocycles. The molecule has 0 aromatic carbocycles. The van der Waals surface area contributed by atoms with E-state index in [-0.39, 0.29) is 12.0 Å². The van der Waals surface area contributed by atoms with Gasteiger partial charge in [0.15, 0.2) is 0 Å². The highest BCUT2D eigenvalue weighted by Gasteiger charge is 2.41. The van der Waals surface area contributed by atoms with E-state index in [0.29, 0.717) is 22.3 Å². The normalized spacial score (nSPS) is 35.1. The summed E-state index contributed by atoms with van der Waals surface area (Å²) in [6.45, 7) is 4.43. The van der Waals surface area contributed by atoms with Crippen molar-refractivity contribution < 1.29 is 10.2 Å². The Morgan fingerprint density at radius 2 is 1.87 bits per heavy atom. The highest BCUT2D eigenvalue weighted by Crippen LogP contribution is 2.48. The number of allylic oxidation sites excluding steroid dienone is 3. The molecule has 1 saturated heterocycles. The van der Waals surface area contributed by atoms with Gasteiger partial charge in [0, 0.05) is 10.5 Å². The van der Waals surface area contributed by atoms with E-state index < -0.39 is 12.3 Å². The molecule has 5 heteroatoms. The van der Waals surface area contributed by atoms with Crippen LogP contribution in [0.1, 0.15) is 20.3 Å². The zero-order chi connectivity index (χ0) is 17.1. The summed E-state index contributed by atoms with van der Waals surface area (Å²) in [4.78, 5) is 1.90. The van der Waals surface area contributed by atoms with Crippen LogP contribution in [0.15, 0.2) is 24.3 Å². The summed E-state index contributed by atoms with van der Waals surface area (Å²) in [5.74, 6) is 1.37. The van der Waals surface area contributed by atoms with Crippen molar-refractivity contribution in [1.82, 2.24) is 10.2 Å². The van der Waals surface area contributed by atoms with E-state index >= 15 is 0 Å². The maximum atomic E-state index is 10.8. The monoisotopic (exact) mass is 340 g/mol. The van der Waals surface area contributed by atoms with Gasteiger partial charge < -0.3 is 15.1 Å². The summed E-state index contributed by atoms with van der Waals surface area (Å²) in [7, 11) is 5.52. The van der Waals surface area contributed by atoms with Crippen molar-refractivity contribution in [2.24, 2.45) is 17.8 Å². The molecular weight excluding hydrogens is 308 g/mol. The Balaban J connectivity index is 1.99. The lowest BCUT2D eigenvalue weighted by molar-refractivity contribution is -0.0436. The topological polar surface area (TPSA) is 55.7 Å². The smallest absolute Gasteiger partial charge is 0.122 e. The Morgan fingerprint density at radius 1 is 1.22 bits per heavy atom. The van der Waals surface area contributed by atoms with Gasteiger partial charge in [0.1, 0.15) is 6.23 Å². The van der Waals surface area contributed by atoms with Crippen molar-refractivity contribution in [3.63, 3.8) is 0 Å². The van der Waals surface area contributed by atoms with Crippen LogP contribution in [0.4, 0.5) is 0 Å². The molecule has 132 valence electrons. The third-order valence-corrected chi connectivity index (χ3v) is 7.16. The molecule has 0 spiro atoms. The van der Waals surface area contributed by atoms with E-state index in [1.807, 2.05) is 30.8 Å². The van der Waals surface area contributed by atoms with E-state index in [1.54, 1.807) is 7.05 Å². The van der Waals surface area contributed by atoms with Gasteiger partial charge >= 0.3 is 0 Å². The van der Waals surface area contributed by atoms with Gasteiger partial charge in [-0.05, 0) is 45.3 Å². The molecule has 0 aromatic heterocycles. The molecule has 1 fully saturated rings. The van der Waals surface area contributed by atoms with Crippen molar-refractivity contribution in [2.75, 3.05) is 21.1 Å². The third-order valence-electron chi connectivity index (χ3n) is 5.40. The maximum Gasteiger partial charge on any atom is 0.122 e. The Kier molecular flexibility index (Phi) is 6.75. The number of fused-ring (bicyclic) bond motifs is 1. The Labute approximate surface area is 145 Å². The minimum absolute atomic E-state index is 0.137. The maximum absolute atomic E-state index is 10.8. The summed E-state index contributed by atoms with van der Waals surface area (Å²) in [5.41, 5.74) is 0. The fraction of sp³-hybridized carbons (Fsp3) is 0.778. The first-order valence-electron chi connectivity index (χ1n) is 8.57. The van der Waals surface area contributed by atoms with Crippen molar-refractivity contribution in [3.8, 4) is 0 Å². The Morgan fingerprint density at radius 3 is 2.43 bits per heavy atom. The molecule has 23 heavy (non-hydrogen) atoms. The number of likely N-dealkylation sites (N-methyl/N-ethyl adjacent to an activating group) is 2. The first kappa shape index (κ1) is 19.0. The van der Waals surface area contributed by atoms with E-state index in [1.165, 1.54) is 0 Å². The number of hydrogen-bond donors (Lipinski definition) is 3. The molecule has 3 N–H and O–H groups in total. The molecule has 0 bridgehead atoms. The van der Waals surface area contributed by atoms with Crippen LogP contribution in [0.5, 0.6) is 0 Å². The van der Waals surface area contributed by atoms with Gasteiger partial charge in [0.25, 0.3) is 0 Å². The van der Waals surface area contributed by atoms with Gasteiger partial charge in [0.2, 0.25) is 0 Å². The first-order valence-corrected chi connectivity index (χ1v) is 9.51. The number of hydrogen-bond acceptors (Lipinski definition) is 5. The molecule has 8 atom stereocenters. The van der Waals surface area contributed by atoms with Crippen molar-refractivity contribution in [3.05, 3.63) is 24.3 Å². The molecular formula is C18H32N2O2S. The van der Waals surface area contributed by atoms with Crippen LogP contribution in [0.2, 0.25) is 0 Å². The number of nitrogens with one attached hydrogen (secondary N) is 1. The number of thioether (sulfide) groups is 1. The van der Waals surface area contributed by atoms with Crippen LogP contribution in [0.3, 0.4) is 0 Å². The molecule has 0 amide bonds. The number of nitrogens with zero attached hydrogens (tertiary/aromatic N) is 1. The van der Waals surface area contributed by atoms with Crippen LogP contribution in [0, 0.1) is 17.8 Å². The highest BCUT2D eigenvalue weighted by atomic mass is 32.2. The predicted molar refractivity (Wildman–Crippen MR) is 98.4 cm³/mol. The SMILES string of the molecule is CNC(O)C(C(O)C(C)CC1SC2C=CC=CC2C1C)N(C)C.